The van der Waals surface area contributed by atoms with Crippen molar-refractivity contribution >= 4 is 0 Å². The number of aromatic amines is 2. The molecule has 6 nitrogen and oxygen atoms in total. The van der Waals surface area contributed by atoms with Crippen LogP contribution in [0.3, 0.4) is 0 Å². The zero-order valence-corrected chi connectivity index (χ0v) is 13.1. The Morgan fingerprint density at radius 1 is 1.30 bits per heavy atom. The van der Waals surface area contributed by atoms with Crippen LogP contribution in [0.1, 0.15) is 37.4 Å². The third-order valence-electron chi connectivity index (χ3n) is 4.40. The summed E-state index contributed by atoms with van der Waals surface area (Å²) < 4.78 is 13.4. The van der Waals surface area contributed by atoms with Crippen LogP contribution in [0.4, 0.5) is 4.39 Å². The number of nitrogens with one attached hydrogen (secondary N) is 2. The average Bonchev–Trinajstić information content (AvgIpc) is 3.27. The van der Waals surface area contributed by atoms with E-state index in [9.17, 15) is 14.0 Å². The highest BCUT2D eigenvalue weighted by molar-refractivity contribution is 5.57. The van der Waals surface area contributed by atoms with Crippen LogP contribution >= 0.6 is 0 Å². The smallest absolute Gasteiger partial charge is 0.313 e. The van der Waals surface area contributed by atoms with Crippen molar-refractivity contribution < 1.29 is 4.39 Å². The first-order valence-corrected chi connectivity index (χ1v) is 7.38. The molecular weight excluding hydrogens is 299 g/mol. The van der Waals surface area contributed by atoms with Crippen molar-refractivity contribution in [2.75, 3.05) is 0 Å². The number of halogens is 1. The highest BCUT2D eigenvalue weighted by Crippen LogP contribution is 2.53. The van der Waals surface area contributed by atoms with Gasteiger partial charge in [-0.25, -0.2) is 9.18 Å². The van der Waals surface area contributed by atoms with Gasteiger partial charge in [0.25, 0.3) is 5.56 Å². The molecule has 1 fully saturated rings. The van der Waals surface area contributed by atoms with E-state index in [4.69, 9.17) is 0 Å². The topological polar surface area (TPSA) is 91.5 Å². The first kappa shape index (κ1) is 15.3. The maximum atomic E-state index is 13.4. The molecule has 120 valence electrons. The lowest BCUT2D eigenvalue weighted by Crippen LogP contribution is -2.23. The molecule has 0 aromatic carbocycles. The van der Waals surface area contributed by atoms with Crippen molar-refractivity contribution in [3.63, 3.8) is 0 Å². The Morgan fingerprint density at radius 3 is 2.70 bits per heavy atom. The molecule has 0 unspecified atom stereocenters. The largest absolute Gasteiger partial charge is 0.325 e. The molecule has 7 heteroatoms. The quantitative estimate of drug-likeness (QED) is 0.908. The predicted molar refractivity (Wildman–Crippen MR) is 83.8 cm³/mol. The minimum absolute atomic E-state index is 0.144. The van der Waals surface area contributed by atoms with Crippen LogP contribution in [-0.2, 0) is 0 Å². The third-order valence-corrected chi connectivity index (χ3v) is 4.40. The Balaban J connectivity index is 2.00. The van der Waals surface area contributed by atoms with Gasteiger partial charge >= 0.3 is 5.69 Å². The van der Waals surface area contributed by atoms with Crippen LogP contribution < -0.4 is 11.2 Å². The summed E-state index contributed by atoms with van der Waals surface area (Å²) in [6, 6.07) is 1.80. The Kier molecular flexibility index (Phi) is 3.71. The van der Waals surface area contributed by atoms with Crippen molar-refractivity contribution in [3.05, 3.63) is 55.8 Å². The van der Waals surface area contributed by atoms with E-state index in [0.717, 1.165) is 23.3 Å². The number of aryl methyl sites for hydroxylation is 1. The summed E-state index contributed by atoms with van der Waals surface area (Å²) in [6.45, 7) is 5.12. The van der Waals surface area contributed by atoms with Crippen molar-refractivity contribution in [2.45, 2.75) is 33.1 Å². The standard InChI is InChI=1S/C16H17FN4O2/c1-7(8(2)17)10-4-12(10)11-5-14(21-20-9(11)3)13-6-18-16(23)19-15(13)22/h5-6,10,12H,4H2,1-3H3,(H2,18,19,22,23)/b8-7-/t10-,12+/m1/s1. The lowest BCUT2D eigenvalue weighted by molar-refractivity contribution is 0.614. The van der Waals surface area contributed by atoms with Crippen LogP contribution in [0, 0.1) is 12.8 Å². The fraction of sp³-hybridized carbons (Fsp3) is 0.375. The lowest BCUT2D eigenvalue weighted by atomic mass is 10.0. The van der Waals surface area contributed by atoms with Gasteiger partial charge in [-0.2, -0.15) is 5.10 Å². The Bertz CT molecular complexity index is 909. The molecule has 23 heavy (non-hydrogen) atoms. The van der Waals surface area contributed by atoms with Crippen LogP contribution in [0.2, 0.25) is 0 Å². The molecule has 1 aliphatic carbocycles. The minimum Gasteiger partial charge on any atom is -0.313 e. The van der Waals surface area contributed by atoms with Gasteiger partial charge in [0.2, 0.25) is 0 Å². The summed E-state index contributed by atoms with van der Waals surface area (Å²) in [7, 11) is 0. The molecule has 0 spiro atoms. The first-order valence-electron chi connectivity index (χ1n) is 7.38. The number of hydrogen-bond acceptors (Lipinski definition) is 4. The van der Waals surface area contributed by atoms with Crippen molar-refractivity contribution in [1.82, 2.24) is 20.2 Å². The van der Waals surface area contributed by atoms with E-state index >= 15 is 0 Å². The van der Waals surface area contributed by atoms with E-state index in [1.165, 1.54) is 13.1 Å². The number of allylic oxidation sites excluding steroid dienone is 2. The zero-order chi connectivity index (χ0) is 16.7. The molecule has 2 aromatic heterocycles. The molecule has 2 aromatic rings. The molecule has 0 bridgehead atoms. The second kappa shape index (κ2) is 5.57. The number of aromatic nitrogens is 4. The van der Waals surface area contributed by atoms with E-state index in [2.05, 4.69) is 20.2 Å². The van der Waals surface area contributed by atoms with Crippen molar-refractivity contribution in [2.24, 2.45) is 5.92 Å². The summed E-state index contributed by atoms with van der Waals surface area (Å²) in [6.07, 6.45) is 2.19. The van der Waals surface area contributed by atoms with Gasteiger partial charge in [0.15, 0.2) is 0 Å². The van der Waals surface area contributed by atoms with Gasteiger partial charge in [-0.1, -0.05) is 0 Å². The second-order valence-electron chi connectivity index (χ2n) is 5.92. The summed E-state index contributed by atoms with van der Waals surface area (Å²) in [5, 5.41) is 8.15. The summed E-state index contributed by atoms with van der Waals surface area (Å²) in [5.41, 5.74) is 2.06. The monoisotopic (exact) mass is 316 g/mol. The predicted octanol–water partition coefficient (Wildman–Crippen LogP) is 2.20. The van der Waals surface area contributed by atoms with Crippen molar-refractivity contribution in [1.29, 1.82) is 0 Å². The number of rotatable bonds is 3. The van der Waals surface area contributed by atoms with Gasteiger partial charge in [0.05, 0.1) is 17.1 Å². The zero-order valence-electron chi connectivity index (χ0n) is 13.1. The summed E-state index contributed by atoms with van der Waals surface area (Å²) in [4.78, 5) is 27.6. The van der Waals surface area contributed by atoms with Gasteiger partial charge in [-0.05, 0) is 56.2 Å². The fourth-order valence-corrected chi connectivity index (χ4v) is 2.85. The molecule has 0 radical (unpaired) electrons. The molecule has 2 heterocycles. The van der Waals surface area contributed by atoms with Gasteiger partial charge in [-0.3, -0.25) is 9.78 Å². The SMILES string of the molecule is C/C(F)=C(\C)[C@H]1C[C@@H]1c1cc(-c2c[nH]c(=O)[nH]c2=O)nnc1C. The Hall–Kier alpha value is -2.57. The molecule has 3 rings (SSSR count). The molecule has 0 aliphatic heterocycles. The number of hydrogen-bond donors (Lipinski definition) is 2. The molecule has 2 atom stereocenters. The van der Waals surface area contributed by atoms with Gasteiger partial charge < -0.3 is 4.98 Å². The minimum atomic E-state index is -0.569. The summed E-state index contributed by atoms with van der Waals surface area (Å²) in [5.74, 6) is 0.218. The highest BCUT2D eigenvalue weighted by Gasteiger charge is 2.41. The highest BCUT2D eigenvalue weighted by atomic mass is 19.1. The first-order chi connectivity index (χ1) is 10.9. The van der Waals surface area contributed by atoms with E-state index in [1.807, 2.05) is 6.92 Å². The lowest BCUT2D eigenvalue weighted by Gasteiger charge is -2.07. The normalized spacial score (nSPS) is 21.0. The molecule has 0 amide bonds. The fourth-order valence-electron chi connectivity index (χ4n) is 2.85. The molecule has 2 N–H and O–H groups in total. The molecule has 1 aliphatic rings. The molecule has 1 saturated carbocycles. The van der Waals surface area contributed by atoms with E-state index < -0.39 is 11.2 Å². The Morgan fingerprint density at radius 2 is 2.04 bits per heavy atom. The van der Waals surface area contributed by atoms with Gasteiger partial charge in [-0.15, -0.1) is 5.10 Å². The van der Waals surface area contributed by atoms with Crippen LogP contribution in [0.5, 0.6) is 0 Å². The maximum absolute atomic E-state index is 13.4. The summed E-state index contributed by atoms with van der Waals surface area (Å²) >= 11 is 0. The van der Waals surface area contributed by atoms with Crippen LogP contribution in [0.15, 0.2) is 33.3 Å². The van der Waals surface area contributed by atoms with E-state index in [0.29, 0.717) is 5.69 Å². The number of H-pyrrole nitrogens is 2. The molecule has 0 saturated heterocycles. The third kappa shape index (κ3) is 2.86. The van der Waals surface area contributed by atoms with Gasteiger partial charge in [0, 0.05) is 6.20 Å². The molecular formula is C16H17FN4O2. The average molecular weight is 316 g/mol. The van der Waals surface area contributed by atoms with Crippen LogP contribution in [-0.4, -0.2) is 20.2 Å². The Labute approximate surface area is 131 Å². The van der Waals surface area contributed by atoms with E-state index in [-0.39, 0.29) is 23.2 Å². The van der Waals surface area contributed by atoms with E-state index in [1.54, 1.807) is 13.0 Å². The second-order valence-corrected chi connectivity index (χ2v) is 5.92. The number of nitrogens with zero attached hydrogens (tertiary/aromatic N) is 2. The maximum Gasteiger partial charge on any atom is 0.325 e. The van der Waals surface area contributed by atoms with Gasteiger partial charge in [0.1, 0.15) is 5.69 Å². The van der Waals surface area contributed by atoms with Crippen molar-refractivity contribution in [3.8, 4) is 11.3 Å². The van der Waals surface area contributed by atoms with Crippen LogP contribution in [0.25, 0.3) is 11.3 Å².